The van der Waals surface area contributed by atoms with Crippen molar-refractivity contribution >= 4 is 0 Å². The fourth-order valence-electron chi connectivity index (χ4n) is 1.28. The summed E-state index contributed by atoms with van der Waals surface area (Å²) in [6.45, 7) is 7.40. The summed E-state index contributed by atoms with van der Waals surface area (Å²) in [5, 5.41) is 0. The molecule has 0 aliphatic heterocycles. The van der Waals surface area contributed by atoms with Gasteiger partial charge in [-0.05, 0) is 16.5 Å². The second-order valence-electron chi connectivity index (χ2n) is 4.47. The topological polar surface area (TPSA) is 21.3 Å². The Morgan fingerprint density at radius 3 is 2.14 bits per heavy atom. The first-order chi connectivity index (χ1) is 6.54. The van der Waals surface area contributed by atoms with Gasteiger partial charge in [-0.2, -0.15) is 5.48 Å². The summed E-state index contributed by atoms with van der Waals surface area (Å²) in [5.41, 5.74) is 5.65. The largest absolute Gasteiger partial charge is 0.305 e. The molecule has 0 atom stereocenters. The predicted molar refractivity (Wildman–Crippen MR) is 59.0 cm³/mol. The Hall–Kier alpha value is -0.860. The lowest BCUT2D eigenvalue weighted by molar-refractivity contribution is 0.0867. The minimum Gasteiger partial charge on any atom is -0.305 e. The van der Waals surface area contributed by atoms with Gasteiger partial charge in [-0.15, -0.1) is 0 Å². The molecule has 0 fully saturated rings. The average Bonchev–Trinajstić information content (AvgIpc) is 2.14. The van der Waals surface area contributed by atoms with Gasteiger partial charge in [0, 0.05) is 6.54 Å². The Morgan fingerprint density at radius 1 is 1.14 bits per heavy atom. The van der Waals surface area contributed by atoms with Gasteiger partial charge in [0.15, 0.2) is 0 Å². The Balaban J connectivity index is 2.69. The zero-order chi connectivity index (χ0) is 10.6. The fourth-order valence-corrected chi connectivity index (χ4v) is 1.28. The van der Waals surface area contributed by atoms with Crippen LogP contribution in [0.5, 0.6) is 0 Å². The standard InChI is InChI=1S/C12H19NO/c1-12(2,3)11-7-5-10(6-8-11)9-13-14-4/h5-8,13H,9H2,1-4H3. The molecule has 2 heteroatoms. The summed E-state index contributed by atoms with van der Waals surface area (Å²) in [6.07, 6.45) is 0. The molecule has 0 saturated carbocycles. The van der Waals surface area contributed by atoms with E-state index in [9.17, 15) is 0 Å². The normalized spacial score (nSPS) is 11.7. The average molecular weight is 193 g/mol. The Bertz CT molecular complexity index is 271. The number of hydroxylamine groups is 1. The van der Waals surface area contributed by atoms with E-state index in [1.807, 2.05) is 0 Å². The van der Waals surface area contributed by atoms with Crippen molar-refractivity contribution in [2.24, 2.45) is 0 Å². The molecule has 0 amide bonds. The third-order valence-electron chi connectivity index (χ3n) is 2.24. The molecule has 1 aromatic rings. The van der Waals surface area contributed by atoms with Crippen LogP contribution < -0.4 is 5.48 Å². The highest BCUT2D eigenvalue weighted by Crippen LogP contribution is 2.21. The van der Waals surface area contributed by atoms with Crippen molar-refractivity contribution in [1.82, 2.24) is 5.48 Å². The minimum absolute atomic E-state index is 0.229. The number of hydrogen-bond donors (Lipinski definition) is 1. The SMILES string of the molecule is CONCc1ccc(C(C)(C)C)cc1. The fraction of sp³-hybridized carbons (Fsp3) is 0.500. The van der Waals surface area contributed by atoms with Gasteiger partial charge in [0.1, 0.15) is 0 Å². The molecule has 1 aromatic carbocycles. The molecule has 0 saturated heterocycles. The van der Waals surface area contributed by atoms with E-state index in [0.29, 0.717) is 0 Å². The number of benzene rings is 1. The number of rotatable bonds is 3. The molecule has 0 spiro atoms. The lowest BCUT2D eigenvalue weighted by Gasteiger charge is -2.19. The molecule has 0 aliphatic carbocycles. The van der Waals surface area contributed by atoms with Crippen LogP contribution in [-0.4, -0.2) is 7.11 Å². The van der Waals surface area contributed by atoms with E-state index in [1.165, 1.54) is 11.1 Å². The molecule has 1 rings (SSSR count). The van der Waals surface area contributed by atoms with Gasteiger partial charge in [-0.3, -0.25) is 0 Å². The van der Waals surface area contributed by atoms with Gasteiger partial charge in [0.2, 0.25) is 0 Å². The van der Waals surface area contributed by atoms with Crippen LogP contribution >= 0.6 is 0 Å². The monoisotopic (exact) mass is 193 g/mol. The molecule has 14 heavy (non-hydrogen) atoms. The van der Waals surface area contributed by atoms with E-state index < -0.39 is 0 Å². The van der Waals surface area contributed by atoms with Crippen molar-refractivity contribution in [3.63, 3.8) is 0 Å². The van der Waals surface area contributed by atoms with Gasteiger partial charge >= 0.3 is 0 Å². The van der Waals surface area contributed by atoms with E-state index in [4.69, 9.17) is 4.84 Å². The van der Waals surface area contributed by atoms with Crippen molar-refractivity contribution in [3.8, 4) is 0 Å². The van der Waals surface area contributed by atoms with Crippen molar-refractivity contribution in [2.75, 3.05) is 7.11 Å². The third-order valence-corrected chi connectivity index (χ3v) is 2.24. The molecule has 0 heterocycles. The second kappa shape index (κ2) is 4.58. The lowest BCUT2D eigenvalue weighted by atomic mass is 9.87. The first kappa shape index (κ1) is 11.2. The van der Waals surface area contributed by atoms with Crippen LogP contribution in [0.4, 0.5) is 0 Å². The van der Waals surface area contributed by atoms with E-state index in [2.05, 4.69) is 50.5 Å². The number of nitrogens with one attached hydrogen (secondary N) is 1. The summed E-state index contributed by atoms with van der Waals surface area (Å²) in [5.74, 6) is 0. The molecule has 0 aromatic heterocycles. The maximum absolute atomic E-state index is 4.79. The van der Waals surface area contributed by atoms with E-state index >= 15 is 0 Å². The van der Waals surface area contributed by atoms with Crippen LogP contribution in [0, 0.1) is 0 Å². The molecule has 78 valence electrons. The van der Waals surface area contributed by atoms with Crippen molar-refractivity contribution in [2.45, 2.75) is 32.7 Å². The third kappa shape index (κ3) is 3.13. The van der Waals surface area contributed by atoms with Gasteiger partial charge in [0.25, 0.3) is 0 Å². The van der Waals surface area contributed by atoms with Crippen molar-refractivity contribution in [1.29, 1.82) is 0 Å². The zero-order valence-corrected chi connectivity index (χ0v) is 9.42. The molecule has 1 N–H and O–H groups in total. The molecule has 0 radical (unpaired) electrons. The molecular weight excluding hydrogens is 174 g/mol. The van der Waals surface area contributed by atoms with Crippen LogP contribution in [0.15, 0.2) is 24.3 Å². The summed E-state index contributed by atoms with van der Waals surface area (Å²) in [6, 6.07) is 8.61. The van der Waals surface area contributed by atoms with Crippen LogP contribution in [0.3, 0.4) is 0 Å². The maximum atomic E-state index is 4.79. The van der Waals surface area contributed by atoms with Crippen molar-refractivity contribution < 1.29 is 4.84 Å². The zero-order valence-electron chi connectivity index (χ0n) is 9.42. The van der Waals surface area contributed by atoms with E-state index in [1.54, 1.807) is 7.11 Å². The molecular formula is C12H19NO. The molecule has 0 aliphatic rings. The first-order valence-electron chi connectivity index (χ1n) is 4.89. The quantitative estimate of drug-likeness (QED) is 0.745. The predicted octanol–water partition coefficient (Wildman–Crippen LogP) is 2.64. The van der Waals surface area contributed by atoms with Crippen LogP contribution in [0.25, 0.3) is 0 Å². The summed E-state index contributed by atoms with van der Waals surface area (Å²) in [4.78, 5) is 4.79. The minimum atomic E-state index is 0.229. The maximum Gasteiger partial charge on any atom is 0.0572 e. The van der Waals surface area contributed by atoms with Crippen LogP contribution in [0.2, 0.25) is 0 Å². The first-order valence-corrected chi connectivity index (χ1v) is 4.89. The van der Waals surface area contributed by atoms with Crippen molar-refractivity contribution in [3.05, 3.63) is 35.4 Å². The smallest absolute Gasteiger partial charge is 0.0572 e. The molecule has 0 unspecified atom stereocenters. The van der Waals surface area contributed by atoms with Gasteiger partial charge < -0.3 is 4.84 Å². The van der Waals surface area contributed by atoms with Gasteiger partial charge in [-0.1, -0.05) is 45.0 Å². The highest BCUT2D eigenvalue weighted by molar-refractivity contribution is 5.27. The highest BCUT2D eigenvalue weighted by atomic mass is 16.6. The second-order valence-corrected chi connectivity index (χ2v) is 4.47. The summed E-state index contributed by atoms with van der Waals surface area (Å²) < 4.78 is 0. The molecule has 2 nitrogen and oxygen atoms in total. The highest BCUT2D eigenvalue weighted by Gasteiger charge is 2.12. The molecule has 0 bridgehead atoms. The van der Waals surface area contributed by atoms with Crippen LogP contribution in [0.1, 0.15) is 31.9 Å². The summed E-state index contributed by atoms with van der Waals surface area (Å²) >= 11 is 0. The lowest BCUT2D eigenvalue weighted by Crippen LogP contribution is -2.13. The van der Waals surface area contributed by atoms with E-state index in [-0.39, 0.29) is 5.41 Å². The Morgan fingerprint density at radius 2 is 1.71 bits per heavy atom. The summed E-state index contributed by atoms with van der Waals surface area (Å²) in [7, 11) is 1.63. The van der Waals surface area contributed by atoms with Gasteiger partial charge in [-0.25, -0.2) is 0 Å². The van der Waals surface area contributed by atoms with Gasteiger partial charge in [0.05, 0.1) is 7.11 Å². The van der Waals surface area contributed by atoms with E-state index in [0.717, 1.165) is 6.54 Å². The van der Waals surface area contributed by atoms with Crippen LogP contribution in [-0.2, 0) is 16.8 Å². The number of hydrogen-bond acceptors (Lipinski definition) is 2. The Labute approximate surface area is 86.2 Å². The Kier molecular flexibility index (Phi) is 3.67.